The van der Waals surface area contributed by atoms with Crippen LogP contribution in [-0.4, -0.2) is 30.5 Å². The molecule has 184 valence electrons. The van der Waals surface area contributed by atoms with Crippen LogP contribution in [0.1, 0.15) is 36.0 Å². The largest absolute Gasteiger partial charge is 0.497 e. The Morgan fingerprint density at radius 2 is 1.71 bits per heavy atom. The Morgan fingerprint density at radius 3 is 2.34 bits per heavy atom. The zero-order chi connectivity index (χ0) is 24.7. The second-order valence-corrected chi connectivity index (χ2v) is 9.03. The number of fused-ring (bicyclic) bond motifs is 1. The van der Waals surface area contributed by atoms with Crippen LogP contribution >= 0.6 is 0 Å². The first-order valence-electron chi connectivity index (χ1n) is 11.6. The summed E-state index contributed by atoms with van der Waals surface area (Å²) in [6.07, 6.45) is -0.573. The molecule has 3 aromatic rings. The third-order valence-corrected chi connectivity index (χ3v) is 6.60. The highest BCUT2D eigenvalue weighted by Crippen LogP contribution is 2.38. The maximum atomic E-state index is 14.0. The number of hydrogen-bond acceptors (Lipinski definition) is 5. The van der Waals surface area contributed by atoms with Crippen molar-refractivity contribution in [2.75, 3.05) is 26.1 Å². The second kappa shape index (κ2) is 8.94. The molecule has 5 rings (SSSR count). The van der Waals surface area contributed by atoms with Gasteiger partial charge in [-0.05, 0) is 73.9 Å². The lowest BCUT2D eigenvalue weighted by atomic mass is 10.0. The lowest BCUT2D eigenvalue weighted by Gasteiger charge is -2.18. The fourth-order valence-electron chi connectivity index (χ4n) is 4.55. The molecule has 9 heteroatoms. The van der Waals surface area contributed by atoms with Crippen molar-refractivity contribution in [3.8, 4) is 28.4 Å². The van der Waals surface area contributed by atoms with Crippen LogP contribution < -0.4 is 20.3 Å². The molecule has 0 spiro atoms. The average molecular weight is 486 g/mol. The molecule has 0 radical (unpaired) electrons. The summed E-state index contributed by atoms with van der Waals surface area (Å²) in [6, 6.07) is 8.99. The summed E-state index contributed by atoms with van der Waals surface area (Å²) in [7, 11) is 3.04. The molecule has 0 bridgehead atoms. The van der Waals surface area contributed by atoms with Gasteiger partial charge >= 0.3 is 6.18 Å². The smallest absolute Gasteiger partial charge is 0.418 e. The fourth-order valence-corrected chi connectivity index (χ4v) is 4.55. The summed E-state index contributed by atoms with van der Waals surface area (Å²) in [5.41, 5.74) is 1.16. The van der Waals surface area contributed by atoms with Crippen LogP contribution in [0.15, 0.2) is 41.2 Å². The lowest BCUT2D eigenvalue weighted by molar-refractivity contribution is -0.137. The van der Waals surface area contributed by atoms with Crippen LogP contribution in [0.2, 0.25) is 0 Å². The third kappa shape index (κ3) is 4.59. The first-order valence-corrected chi connectivity index (χ1v) is 11.6. The van der Waals surface area contributed by atoms with Gasteiger partial charge in [0.05, 0.1) is 31.2 Å². The van der Waals surface area contributed by atoms with E-state index in [1.165, 1.54) is 26.4 Å². The number of benzene rings is 2. The van der Waals surface area contributed by atoms with Gasteiger partial charge in [0.15, 0.2) is 0 Å². The minimum Gasteiger partial charge on any atom is -0.497 e. The monoisotopic (exact) mass is 485 g/mol. The van der Waals surface area contributed by atoms with Crippen molar-refractivity contribution >= 4 is 5.69 Å². The Hall–Kier alpha value is -3.49. The molecule has 6 nitrogen and oxygen atoms in total. The van der Waals surface area contributed by atoms with E-state index in [-0.39, 0.29) is 5.69 Å². The van der Waals surface area contributed by atoms with Gasteiger partial charge in [-0.1, -0.05) is 0 Å². The molecule has 35 heavy (non-hydrogen) atoms. The van der Waals surface area contributed by atoms with Gasteiger partial charge in [0, 0.05) is 29.4 Å². The van der Waals surface area contributed by atoms with Crippen molar-refractivity contribution < 1.29 is 22.6 Å². The predicted molar refractivity (Wildman–Crippen MR) is 127 cm³/mol. The topological polar surface area (TPSA) is 65.4 Å². The summed E-state index contributed by atoms with van der Waals surface area (Å²) in [6.45, 7) is 0.687. The van der Waals surface area contributed by atoms with Gasteiger partial charge < -0.3 is 14.8 Å². The van der Waals surface area contributed by atoms with Crippen LogP contribution in [0.5, 0.6) is 11.5 Å². The Labute approximate surface area is 200 Å². The number of aromatic nitrogens is 2. The van der Waals surface area contributed by atoms with Crippen LogP contribution in [0, 0.1) is 5.92 Å². The maximum Gasteiger partial charge on any atom is 0.418 e. The molecule has 1 N–H and O–H groups in total. The number of nitrogens with one attached hydrogen (secondary N) is 1. The average Bonchev–Trinajstić information content (AvgIpc) is 3.55. The molecule has 1 fully saturated rings. The molecule has 1 aromatic heterocycles. The Kier molecular flexibility index (Phi) is 5.94. The minimum absolute atomic E-state index is 0.283. The highest BCUT2D eigenvalue weighted by atomic mass is 19.4. The van der Waals surface area contributed by atoms with E-state index < -0.39 is 17.3 Å². The van der Waals surface area contributed by atoms with Gasteiger partial charge in [0.2, 0.25) is 0 Å². The molecule has 2 aliphatic carbocycles. The van der Waals surface area contributed by atoms with E-state index in [1.807, 2.05) is 0 Å². The molecule has 0 atom stereocenters. The maximum absolute atomic E-state index is 14.0. The van der Waals surface area contributed by atoms with E-state index in [4.69, 9.17) is 9.47 Å². The van der Waals surface area contributed by atoms with Crippen LogP contribution in [0.25, 0.3) is 16.9 Å². The van der Waals surface area contributed by atoms with E-state index >= 15 is 0 Å². The number of ether oxygens (including phenoxy) is 2. The highest BCUT2D eigenvalue weighted by molar-refractivity contribution is 5.69. The molecule has 2 aliphatic rings. The molecule has 0 amide bonds. The van der Waals surface area contributed by atoms with E-state index in [9.17, 15) is 18.0 Å². The van der Waals surface area contributed by atoms with E-state index in [2.05, 4.69) is 10.4 Å². The molecule has 1 saturated carbocycles. The first-order chi connectivity index (χ1) is 16.8. The Balaban J connectivity index is 1.71. The van der Waals surface area contributed by atoms with Crippen molar-refractivity contribution in [1.29, 1.82) is 0 Å². The van der Waals surface area contributed by atoms with Gasteiger partial charge in [0.1, 0.15) is 11.5 Å². The van der Waals surface area contributed by atoms with Crippen molar-refractivity contribution in [2.24, 2.45) is 5.92 Å². The summed E-state index contributed by atoms with van der Waals surface area (Å²) in [4.78, 5) is 13.4. The third-order valence-electron chi connectivity index (χ3n) is 6.60. The number of rotatable bonds is 7. The quantitative estimate of drug-likeness (QED) is 0.496. The standard InChI is InChI=1S/C26H26F3N3O3/c1-34-18-10-16(11-19(13-18)35-2)24-20-4-3-5-21(20)25(33)32(31-24)23-12-17(30-14-15-6-7-15)8-9-22(23)26(27,28)29/h8-13,15,30H,3-7,14H2,1-2H3. The van der Waals surface area contributed by atoms with Gasteiger partial charge in [-0.15, -0.1) is 0 Å². The SMILES string of the molecule is COc1cc(OC)cc(-c2nn(-c3cc(NCC4CC4)ccc3C(F)(F)F)c(=O)c3c2CCC3)c1. The number of alkyl halides is 3. The lowest BCUT2D eigenvalue weighted by Crippen LogP contribution is -2.28. The Bertz CT molecular complexity index is 1310. The van der Waals surface area contributed by atoms with Crippen LogP contribution in [0.4, 0.5) is 18.9 Å². The van der Waals surface area contributed by atoms with Crippen molar-refractivity contribution in [1.82, 2.24) is 9.78 Å². The molecule has 0 saturated heterocycles. The summed E-state index contributed by atoms with van der Waals surface area (Å²) in [5.74, 6) is 1.58. The molecule has 2 aromatic carbocycles. The zero-order valence-electron chi connectivity index (χ0n) is 19.5. The van der Waals surface area contributed by atoms with Crippen molar-refractivity contribution in [3.05, 3.63) is 63.4 Å². The Morgan fingerprint density at radius 1 is 1.03 bits per heavy atom. The zero-order valence-corrected chi connectivity index (χ0v) is 19.5. The predicted octanol–water partition coefficient (Wildman–Crippen LogP) is 5.25. The summed E-state index contributed by atoms with van der Waals surface area (Å²) in [5, 5.41) is 7.72. The minimum atomic E-state index is -4.65. The summed E-state index contributed by atoms with van der Waals surface area (Å²) < 4.78 is 53.7. The van der Waals surface area contributed by atoms with Gasteiger partial charge in [-0.3, -0.25) is 4.79 Å². The van der Waals surface area contributed by atoms with Gasteiger partial charge in [0.25, 0.3) is 5.56 Å². The molecular weight excluding hydrogens is 459 g/mol. The normalized spacial score (nSPS) is 15.1. The van der Waals surface area contributed by atoms with Crippen LogP contribution in [0.3, 0.4) is 0 Å². The second-order valence-electron chi connectivity index (χ2n) is 9.03. The van der Waals surface area contributed by atoms with Crippen molar-refractivity contribution in [2.45, 2.75) is 38.3 Å². The van der Waals surface area contributed by atoms with Crippen molar-refractivity contribution in [3.63, 3.8) is 0 Å². The fraction of sp³-hybridized carbons (Fsp3) is 0.385. The van der Waals surface area contributed by atoms with E-state index in [0.717, 1.165) is 35.6 Å². The number of hydrogen-bond donors (Lipinski definition) is 1. The summed E-state index contributed by atoms with van der Waals surface area (Å²) >= 11 is 0. The number of methoxy groups -OCH3 is 2. The number of halogens is 3. The molecule has 0 unspecified atom stereocenters. The molecule has 1 heterocycles. The number of nitrogens with zero attached hydrogens (tertiary/aromatic N) is 2. The van der Waals surface area contributed by atoms with Crippen LogP contribution in [-0.2, 0) is 19.0 Å². The number of anilines is 1. The molecular formula is C26H26F3N3O3. The molecule has 0 aliphatic heterocycles. The van der Waals surface area contributed by atoms with Gasteiger partial charge in [-0.2, -0.15) is 23.0 Å². The van der Waals surface area contributed by atoms with E-state index in [0.29, 0.717) is 59.3 Å². The van der Waals surface area contributed by atoms with Gasteiger partial charge in [-0.25, -0.2) is 0 Å². The highest BCUT2D eigenvalue weighted by Gasteiger charge is 2.36. The first kappa shape index (κ1) is 23.3. The van der Waals surface area contributed by atoms with E-state index in [1.54, 1.807) is 18.2 Å².